The zero-order valence-electron chi connectivity index (χ0n) is 20.6. The molecular weight excluding hydrogens is 467 g/mol. The molecule has 2 amide bonds. The quantitative estimate of drug-likeness (QED) is 0.392. The number of aromatic amines is 1. The molecule has 0 radical (unpaired) electrons. The highest BCUT2D eigenvalue weighted by atomic mass is 19.4. The molecule has 1 saturated carbocycles. The summed E-state index contributed by atoms with van der Waals surface area (Å²) in [5, 5.41) is 1.07. The normalized spacial score (nSPS) is 13.8. The Bertz CT molecular complexity index is 1200. The van der Waals surface area contributed by atoms with Crippen LogP contribution in [0, 0.1) is 11.8 Å². The average Bonchev–Trinajstić information content (AvgIpc) is 3.60. The first-order chi connectivity index (χ1) is 17.1. The van der Waals surface area contributed by atoms with Crippen LogP contribution < -0.4 is 0 Å². The number of halogens is 3. The minimum absolute atomic E-state index is 0.00568. The SMILES string of the molecule is CC(C)CN(CC(=O)N(CCc1c[nH]c2ccccc12)Cc1ccc(C(F)(F)F)cc1)C(=O)C1CC1. The average molecular weight is 500 g/mol. The van der Waals surface area contributed by atoms with E-state index in [0.717, 1.165) is 41.4 Å². The van der Waals surface area contributed by atoms with Gasteiger partial charge in [0.05, 0.1) is 12.1 Å². The Labute approximate surface area is 209 Å². The number of aromatic nitrogens is 1. The van der Waals surface area contributed by atoms with Gasteiger partial charge in [0.25, 0.3) is 0 Å². The molecule has 1 fully saturated rings. The number of hydrogen-bond donors (Lipinski definition) is 1. The van der Waals surface area contributed by atoms with Gasteiger partial charge in [-0.25, -0.2) is 0 Å². The van der Waals surface area contributed by atoms with Crippen molar-refractivity contribution < 1.29 is 22.8 Å². The van der Waals surface area contributed by atoms with Crippen LogP contribution in [0.2, 0.25) is 0 Å². The topological polar surface area (TPSA) is 56.4 Å². The fourth-order valence-electron chi connectivity index (χ4n) is 4.43. The van der Waals surface area contributed by atoms with E-state index in [9.17, 15) is 22.8 Å². The number of para-hydroxylation sites is 1. The molecule has 1 N–H and O–H groups in total. The highest BCUT2D eigenvalue weighted by Gasteiger charge is 2.35. The minimum Gasteiger partial charge on any atom is -0.361 e. The molecule has 0 atom stereocenters. The molecule has 0 aliphatic heterocycles. The van der Waals surface area contributed by atoms with Gasteiger partial charge in [0.15, 0.2) is 0 Å². The van der Waals surface area contributed by atoms with Crippen LogP contribution in [0.25, 0.3) is 10.9 Å². The standard InChI is InChI=1S/C28H32F3N3O2/c1-19(2)16-34(27(36)21-9-10-21)18-26(35)33(17-20-7-11-23(12-8-20)28(29,30)31)14-13-22-15-32-25-6-4-3-5-24(22)25/h3-8,11-12,15,19,21,32H,9-10,13-14,16-18H2,1-2H3. The number of benzene rings is 2. The van der Waals surface area contributed by atoms with Crippen LogP contribution in [0.1, 0.15) is 43.4 Å². The van der Waals surface area contributed by atoms with E-state index in [0.29, 0.717) is 25.1 Å². The van der Waals surface area contributed by atoms with Crippen LogP contribution in [0.3, 0.4) is 0 Å². The highest BCUT2D eigenvalue weighted by molar-refractivity contribution is 5.87. The first-order valence-corrected chi connectivity index (χ1v) is 12.4. The number of carbonyl (C=O) groups excluding carboxylic acids is 2. The Morgan fingerprint density at radius 1 is 1.03 bits per heavy atom. The lowest BCUT2D eigenvalue weighted by atomic mass is 10.1. The molecule has 1 heterocycles. The third kappa shape index (κ3) is 6.47. The summed E-state index contributed by atoms with van der Waals surface area (Å²) in [5.74, 6) is 0.0359. The Morgan fingerprint density at radius 2 is 1.72 bits per heavy atom. The molecule has 8 heteroatoms. The van der Waals surface area contributed by atoms with Gasteiger partial charge in [-0.1, -0.05) is 44.2 Å². The fraction of sp³-hybridized carbons (Fsp3) is 0.429. The molecule has 4 rings (SSSR count). The van der Waals surface area contributed by atoms with E-state index in [1.807, 2.05) is 44.3 Å². The zero-order valence-corrected chi connectivity index (χ0v) is 20.6. The molecule has 192 valence electrons. The van der Waals surface area contributed by atoms with Gasteiger partial charge in [0.2, 0.25) is 11.8 Å². The molecule has 0 spiro atoms. The van der Waals surface area contributed by atoms with Gasteiger partial charge in [-0.05, 0) is 54.5 Å². The van der Waals surface area contributed by atoms with Gasteiger partial charge >= 0.3 is 6.18 Å². The summed E-state index contributed by atoms with van der Waals surface area (Å²) < 4.78 is 39.0. The van der Waals surface area contributed by atoms with Crippen molar-refractivity contribution in [2.24, 2.45) is 11.8 Å². The van der Waals surface area contributed by atoms with E-state index in [4.69, 9.17) is 0 Å². The number of alkyl halides is 3. The third-order valence-electron chi connectivity index (χ3n) is 6.48. The fourth-order valence-corrected chi connectivity index (χ4v) is 4.43. The van der Waals surface area contributed by atoms with E-state index in [1.165, 1.54) is 12.1 Å². The number of carbonyl (C=O) groups is 2. The van der Waals surface area contributed by atoms with Crippen LogP contribution in [-0.2, 0) is 28.7 Å². The predicted molar refractivity (Wildman–Crippen MR) is 133 cm³/mol. The molecule has 0 bridgehead atoms. The van der Waals surface area contributed by atoms with Crippen molar-refractivity contribution in [2.75, 3.05) is 19.6 Å². The molecule has 1 aliphatic rings. The smallest absolute Gasteiger partial charge is 0.361 e. The summed E-state index contributed by atoms with van der Waals surface area (Å²) in [7, 11) is 0. The van der Waals surface area contributed by atoms with Gasteiger partial charge in [0.1, 0.15) is 0 Å². The molecule has 0 unspecified atom stereocenters. The van der Waals surface area contributed by atoms with Crippen LogP contribution >= 0.6 is 0 Å². The zero-order chi connectivity index (χ0) is 25.9. The van der Waals surface area contributed by atoms with E-state index in [1.54, 1.807) is 9.80 Å². The number of rotatable bonds is 10. The number of hydrogen-bond acceptors (Lipinski definition) is 2. The van der Waals surface area contributed by atoms with Crippen LogP contribution in [0.5, 0.6) is 0 Å². The van der Waals surface area contributed by atoms with Gasteiger partial charge in [-0.2, -0.15) is 13.2 Å². The second-order valence-corrected chi connectivity index (χ2v) is 10.0. The van der Waals surface area contributed by atoms with Crippen molar-refractivity contribution in [1.29, 1.82) is 0 Å². The molecule has 36 heavy (non-hydrogen) atoms. The first-order valence-electron chi connectivity index (χ1n) is 12.4. The predicted octanol–water partition coefficient (Wildman–Crippen LogP) is 5.65. The molecule has 0 saturated heterocycles. The second kappa shape index (κ2) is 10.8. The third-order valence-corrected chi connectivity index (χ3v) is 6.48. The van der Waals surface area contributed by atoms with Crippen LogP contribution in [-0.4, -0.2) is 46.2 Å². The van der Waals surface area contributed by atoms with Gasteiger partial charge in [-0.15, -0.1) is 0 Å². The maximum Gasteiger partial charge on any atom is 0.416 e. The maximum absolute atomic E-state index is 13.5. The Balaban J connectivity index is 1.52. The highest BCUT2D eigenvalue weighted by Crippen LogP contribution is 2.31. The minimum atomic E-state index is -4.41. The lowest BCUT2D eigenvalue weighted by Crippen LogP contribution is -2.45. The monoisotopic (exact) mass is 499 g/mol. The molecule has 5 nitrogen and oxygen atoms in total. The lowest BCUT2D eigenvalue weighted by molar-refractivity contribution is -0.142. The van der Waals surface area contributed by atoms with Crippen LogP contribution in [0.15, 0.2) is 54.7 Å². The van der Waals surface area contributed by atoms with Gasteiger partial charge < -0.3 is 14.8 Å². The second-order valence-electron chi connectivity index (χ2n) is 10.0. The number of fused-ring (bicyclic) bond motifs is 1. The summed E-state index contributed by atoms with van der Waals surface area (Å²) >= 11 is 0. The Morgan fingerprint density at radius 3 is 2.36 bits per heavy atom. The summed E-state index contributed by atoms with van der Waals surface area (Å²) in [5.41, 5.74) is 1.95. The van der Waals surface area contributed by atoms with Crippen molar-refractivity contribution in [3.63, 3.8) is 0 Å². The van der Waals surface area contributed by atoms with Crippen molar-refractivity contribution in [3.8, 4) is 0 Å². The number of amides is 2. The van der Waals surface area contributed by atoms with Gasteiger partial charge in [0, 0.05) is 42.7 Å². The molecule has 1 aliphatic carbocycles. The number of nitrogens with one attached hydrogen (secondary N) is 1. The summed E-state index contributed by atoms with van der Waals surface area (Å²) in [6, 6.07) is 12.8. The van der Waals surface area contributed by atoms with E-state index in [-0.39, 0.29) is 36.7 Å². The first kappa shape index (κ1) is 25.8. The van der Waals surface area contributed by atoms with Crippen molar-refractivity contribution >= 4 is 22.7 Å². The summed E-state index contributed by atoms with van der Waals surface area (Å²) in [4.78, 5) is 32.8. The molecule has 1 aromatic heterocycles. The van der Waals surface area contributed by atoms with E-state index < -0.39 is 11.7 Å². The number of H-pyrrole nitrogens is 1. The van der Waals surface area contributed by atoms with Crippen molar-refractivity contribution in [3.05, 3.63) is 71.4 Å². The molecule has 3 aromatic rings. The Hall–Kier alpha value is -3.29. The summed E-state index contributed by atoms with van der Waals surface area (Å²) in [6.07, 6.45) is -0.191. The van der Waals surface area contributed by atoms with Crippen molar-refractivity contribution in [1.82, 2.24) is 14.8 Å². The molecular formula is C28H32F3N3O2. The molecule has 2 aromatic carbocycles. The maximum atomic E-state index is 13.5. The van der Waals surface area contributed by atoms with Crippen LogP contribution in [0.4, 0.5) is 13.2 Å². The van der Waals surface area contributed by atoms with Crippen molar-refractivity contribution in [2.45, 2.75) is 45.8 Å². The largest absolute Gasteiger partial charge is 0.416 e. The van der Waals surface area contributed by atoms with E-state index >= 15 is 0 Å². The van der Waals surface area contributed by atoms with Gasteiger partial charge in [-0.3, -0.25) is 9.59 Å². The number of nitrogens with zero attached hydrogens (tertiary/aromatic N) is 2. The Kier molecular flexibility index (Phi) is 7.71. The lowest BCUT2D eigenvalue weighted by Gasteiger charge is -2.29. The van der Waals surface area contributed by atoms with E-state index in [2.05, 4.69) is 4.98 Å². The summed E-state index contributed by atoms with van der Waals surface area (Å²) in [6.45, 7) is 5.05.